The van der Waals surface area contributed by atoms with Gasteiger partial charge in [-0.05, 0) is 25.1 Å². The van der Waals surface area contributed by atoms with E-state index in [1.54, 1.807) is 32.0 Å². The number of nitrogens with one attached hydrogen (secondary N) is 2. The minimum Gasteiger partial charge on any atom is -0.479 e. The maximum absolute atomic E-state index is 12.8. The zero-order chi connectivity index (χ0) is 19.3. The first kappa shape index (κ1) is 19.0. The predicted molar refractivity (Wildman–Crippen MR) is 100.0 cm³/mol. The van der Waals surface area contributed by atoms with Gasteiger partial charge in [-0.2, -0.15) is 0 Å². The molecule has 3 N–H and O–H groups in total. The van der Waals surface area contributed by atoms with Crippen molar-refractivity contribution in [2.24, 2.45) is 5.41 Å². The number of benzene rings is 1. The van der Waals surface area contributed by atoms with E-state index < -0.39 is 22.8 Å². The molecule has 0 aliphatic heterocycles. The average molecular weight is 399 g/mol. The summed E-state index contributed by atoms with van der Waals surface area (Å²) in [5, 5.41) is 13.8. The predicted octanol–water partition coefficient (Wildman–Crippen LogP) is 3.86. The Morgan fingerprint density at radius 1 is 1.38 bits per heavy atom. The summed E-state index contributed by atoms with van der Waals surface area (Å²) in [6, 6.07) is 5.04. The minimum atomic E-state index is -1.43. The van der Waals surface area contributed by atoms with Crippen LogP contribution in [0.15, 0.2) is 18.2 Å². The van der Waals surface area contributed by atoms with E-state index in [0.29, 0.717) is 22.5 Å². The highest BCUT2D eigenvalue weighted by molar-refractivity contribution is 6.39. The molecular formula is C18H20Cl2N2O4. The van der Waals surface area contributed by atoms with Crippen LogP contribution in [-0.2, 0) is 9.53 Å². The number of aromatic nitrogens is 1. The largest absolute Gasteiger partial charge is 0.479 e. The first-order valence-corrected chi connectivity index (χ1v) is 9.04. The van der Waals surface area contributed by atoms with Crippen molar-refractivity contribution in [2.75, 3.05) is 6.61 Å². The molecule has 3 rings (SSSR count). The first-order chi connectivity index (χ1) is 12.1. The van der Waals surface area contributed by atoms with Gasteiger partial charge in [0.05, 0.1) is 11.1 Å². The number of carboxylic acid groups (broad SMARTS) is 1. The molecule has 1 aliphatic carbocycles. The van der Waals surface area contributed by atoms with Gasteiger partial charge in [-0.3, -0.25) is 4.79 Å². The summed E-state index contributed by atoms with van der Waals surface area (Å²) in [6.45, 7) is 5.88. The molecule has 1 heterocycles. The number of halogens is 2. The molecule has 1 fully saturated rings. The van der Waals surface area contributed by atoms with Crippen LogP contribution in [-0.4, -0.2) is 40.2 Å². The second-order valence-corrected chi connectivity index (χ2v) is 7.85. The molecule has 0 bridgehead atoms. The number of ether oxygens (including phenoxy) is 1. The Bertz CT molecular complexity index is 893. The molecule has 26 heavy (non-hydrogen) atoms. The Morgan fingerprint density at radius 3 is 2.65 bits per heavy atom. The molecule has 1 aromatic carbocycles. The summed E-state index contributed by atoms with van der Waals surface area (Å²) in [7, 11) is 0. The third-order valence-electron chi connectivity index (χ3n) is 5.38. The number of carboxylic acids is 1. The summed E-state index contributed by atoms with van der Waals surface area (Å²) < 4.78 is 5.61. The van der Waals surface area contributed by atoms with Gasteiger partial charge >= 0.3 is 5.97 Å². The lowest BCUT2D eigenvalue weighted by atomic mass is 9.54. The van der Waals surface area contributed by atoms with Crippen LogP contribution < -0.4 is 5.32 Å². The van der Waals surface area contributed by atoms with Crippen molar-refractivity contribution in [3.8, 4) is 0 Å². The Balaban J connectivity index is 1.93. The van der Waals surface area contributed by atoms with Gasteiger partial charge in [0, 0.05) is 34.4 Å². The summed E-state index contributed by atoms with van der Waals surface area (Å²) >= 11 is 12.3. The fourth-order valence-electron chi connectivity index (χ4n) is 3.58. The highest BCUT2D eigenvalue weighted by Crippen LogP contribution is 2.51. The lowest BCUT2D eigenvalue weighted by molar-refractivity contribution is -0.190. The highest BCUT2D eigenvalue weighted by atomic mass is 35.5. The molecule has 140 valence electrons. The Kier molecular flexibility index (Phi) is 4.71. The number of aromatic amines is 1. The second-order valence-electron chi connectivity index (χ2n) is 7.04. The van der Waals surface area contributed by atoms with Crippen molar-refractivity contribution >= 4 is 46.0 Å². The SMILES string of the molecule is CCOC1CC(NC(=O)c2[nH]c3ccc(Cl)cc3c2Cl)(C(=O)O)C1(C)C. The van der Waals surface area contributed by atoms with E-state index in [-0.39, 0.29) is 23.2 Å². The normalized spacial score (nSPS) is 24.3. The maximum Gasteiger partial charge on any atom is 0.330 e. The average Bonchev–Trinajstić information content (AvgIpc) is 2.90. The Labute approximate surface area is 160 Å². The molecule has 2 aromatic rings. The van der Waals surface area contributed by atoms with Crippen LogP contribution >= 0.6 is 23.2 Å². The number of H-pyrrole nitrogens is 1. The van der Waals surface area contributed by atoms with E-state index in [2.05, 4.69) is 10.3 Å². The number of carbonyl (C=O) groups excluding carboxylic acids is 1. The molecule has 0 radical (unpaired) electrons. The number of fused-ring (bicyclic) bond motifs is 1. The highest BCUT2D eigenvalue weighted by Gasteiger charge is 2.66. The maximum atomic E-state index is 12.8. The summed E-state index contributed by atoms with van der Waals surface area (Å²) in [4.78, 5) is 27.8. The van der Waals surface area contributed by atoms with Gasteiger partial charge in [0.25, 0.3) is 5.91 Å². The molecule has 1 saturated carbocycles. The van der Waals surface area contributed by atoms with Gasteiger partial charge in [-0.25, -0.2) is 4.79 Å². The van der Waals surface area contributed by atoms with Crippen LogP contribution in [0.3, 0.4) is 0 Å². The van der Waals surface area contributed by atoms with Gasteiger partial charge in [0.1, 0.15) is 11.2 Å². The Morgan fingerprint density at radius 2 is 2.08 bits per heavy atom. The smallest absolute Gasteiger partial charge is 0.330 e. The minimum absolute atomic E-state index is 0.111. The number of aliphatic carboxylic acids is 1. The number of amides is 1. The first-order valence-electron chi connectivity index (χ1n) is 8.28. The van der Waals surface area contributed by atoms with Crippen molar-refractivity contribution in [3.05, 3.63) is 33.9 Å². The fourth-order valence-corrected chi connectivity index (χ4v) is 4.04. The van der Waals surface area contributed by atoms with Crippen molar-refractivity contribution < 1.29 is 19.4 Å². The van der Waals surface area contributed by atoms with Crippen LogP contribution in [0, 0.1) is 5.41 Å². The van der Waals surface area contributed by atoms with Gasteiger partial charge in [0.15, 0.2) is 0 Å². The number of rotatable bonds is 5. The second kappa shape index (κ2) is 6.44. The lowest BCUT2D eigenvalue weighted by Gasteiger charge is -2.58. The molecular weight excluding hydrogens is 379 g/mol. The monoisotopic (exact) mass is 398 g/mol. The molecule has 2 atom stereocenters. The molecule has 1 aromatic heterocycles. The summed E-state index contributed by atoms with van der Waals surface area (Å²) in [5.74, 6) is -1.67. The molecule has 2 unspecified atom stereocenters. The van der Waals surface area contributed by atoms with Crippen LogP contribution in [0.25, 0.3) is 10.9 Å². The van der Waals surface area contributed by atoms with Gasteiger partial charge in [-0.15, -0.1) is 0 Å². The molecule has 1 amide bonds. The standard InChI is InChI=1S/C18H20Cl2N2O4/c1-4-26-12-8-18(16(24)25,17(12,2)3)22-15(23)14-13(20)10-7-9(19)5-6-11(10)21-14/h5-7,12,21H,4,8H2,1-3H3,(H,22,23)(H,24,25). The van der Waals surface area contributed by atoms with E-state index in [0.717, 1.165) is 0 Å². The number of hydrogen-bond acceptors (Lipinski definition) is 3. The van der Waals surface area contributed by atoms with Gasteiger partial charge < -0.3 is 20.1 Å². The quantitative estimate of drug-likeness (QED) is 0.712. The number of carbonyl (C=O) groups is 2. The van der Waals surface area contributed by atoms with Crippen LogP contribution in [0.2, 0.25) is 10.0 Å². The van der Waals surface area contributed by atoms with Crippen LogP contribution in [0.5, 0.6) is 0 Å². The fraction of sp³-hybridized carbons (Fsp3) is 0.444. The Hall–Kier alpha value is -1.76. The van der Waals surface area contributed by atoms with E-state index >= 15 is 0 Å². The summed E-state index contributed by atoms with van der Waals surface area (Å²) in [6.07, 6.45) is -0.0561. The molecule has 1 aliphatic rings. The van der Waals surface area contributed by atoms with Crippen LogP contribution in [0.4, 0.5) is 0 Å². The topological polar surface area (TPSA) is 91.4 Å². The molecule has 0 saturated heterocycles. The molecule has 8 heteroatoms. The van der Waals surface area contributed by atoms with Gasteiger partial charge in [-0.1, -0.05) is 37.0 Å². The van der Waals surface area contributed by atoms with Crippen molar-refractivity contribution in [3.63, 3.8) is 0 Å². The van der Waals surface area contributed by atoms with E-state index in [4.69, 9.17) is 27.9 Å². The third kappa shape index (κ3) is 2.68. The van der Waals surface area contributed by atoms with Crippen LogP contribution in [0.1, 0.15) is 37.7 Å². The van der Waals surface area contributed by atoms with E-state index in [1.807, 2.05) is 6.92 Å². The van der Waals surface area contributed by atoms with E-state index in [1.165, 1.54) is 0 Å². The van der Waals surface area contributed by atoms with Crippen molar-refractivity contribution in [1.29, 1.82) is 0 Å². The zero-order valence-corrected chi connectivity index (χ0v) is 16.2. The van der Waals surface area contributed by atoms with Gasteiger partial charge in [0.2, 0.25) is 0 Å². The lowest BCUT2D eigenvalue weighted by Crippen LogP contribution is -2.76. The summed E-state index contributed by atoms with van der Waals surface area (Å²) in [5.41, 5.74) is -1.44. The molecule has 0 spiro atoms. The van der Waals surface area contributed by atoms with Crippen molar-refractivity contribution in [2.45, 2.75) is 38.8 Å². The zero-order valence-electron chi connectivity index (χ0n) is 14.7. The van der Waals surface area contributed by atoms with E-state index in [9.17, 15) is 14.7 Å². The van der Waals surface area contributed by atoms with Crippen molar-refractivity contribution in [1.82, 2.24) is 10.3 Å². The molecule has 6 nitrogen and oxygen atoms in total. The third-order valence-corrected chi connectivity index (χ3v) is 6.01. The number of hydrogen-bond donors (Lipinski definition) is 3.